The van der Waals surface area contributed by atoms with Crippen molar-refractivity contribution in [2.45, 2.75) is 25.4 Å². The maximum Gasteiger partial charge on any atom is 0.251 e. The van der Waals surface area contributed by atoms with Crippen LogP contribution in [0, 0.1) is 5.92 Å². The van der Waals surface area contributed by atoms with E-state index in [9.17, 15) is 9.90 Å². The Morgan fingerprint density at radius 3 is 2.65 bits per heavy atom. The number of benzene rings is 1. The topological polar surface area (TPSA) is 67.8 Å². The molecule has 5 nitrogen and oxygen atoms in total. The number of hydrogen-bond donors (Lipinski definition) is 2. The molecule has 0 saturated heterocycles. The summed E-state index contributed by atoms with van der Waals surface area (Å²) in [5, 5.41) is 12.6. The van der Waals surface area contributed by atoms with Crippen molar-refractivity contribution in [1.82, 2.24) is 5.32 Å². The number of carbonyl (C=O) groups excluding carboxylic acids is 1. The predicted molar refractivity (Wildman–Crippen MR) is 75.2 cm³/mol. The van der Waals surface area contributed by atoms with Crippen LogP contribution in [-0.4, -0.2) is 37.9 Å². The molecule has 0 radical (unpaired) electrons. The minimum atomic E-state index is -0.291. The number of aliphatic hydroxyl groups excluding tert-OH is 1. The largest absolute Gasteiger partial charge is 0.493 e. The number of hydrogen-bond acceptors (Lipinski definition) is 4. The van der Waals surface area contributed by atoms with Gasteiger partial charge in [-0.15, -0.1) is 0 Å². The van der Waals surface area contributed by atoms with Crippen LogP contribution in [0.5, 0.6) is 11.5 Å². The molecule has 20 heavy (non-hydrogen) atoms. The van der Waals surface area contributed by atoms with E-state index in [-0.39, 0.29) is 17.9 Å². The molecule has 0 bridgehead atoms. The highest BCUT2D eigenvalue weighted by atomic mass is 16.5. The molecule has 0 heterocycles. The highest BCUT2D eigenvalue weighted by Crippen LogP contribution is 2.28. The van der Waals surface area contributed by atoms with Crippen LogP contribution in [0.1, 0.15) is 29.6 Å². The van der Waals surface area contributed by atoms with Crippen LogP contribution < -0.4 is 14.8 Å². The molecule has 0 aliphatic heterocycles. The molecule has 1 amide bonds. The van der Waals surface area contributed by atoms with Gasteiger partial charge in [0.25, 0.3) is 5.91 Å². The summed E-state index contributed by atoms with van der Waals surface area (Å²) in [6, 6.07) is 5.05. The SMILES string of the molecule is COc1ccc(C(=O)NCC2CCCC2O)cc1OC. The van der Waals surface area contributed by atoms with Crippen LogP contribution in [0.2, 0.25) is 0 Å². The highest BCUT2D eigenvalue weighted by molar-refractivity contribution is 5.94. The van der Waals surface area contributed by atoms with Gasteiger partial charge in [-0.1, -0.05) is 6.42 Å². The molecule has 2 unspecified atom stereocenters. The van der Waals surface area contributed by atoms with E-state index < -0.39 is 0 Å². The number of ether oxygens (including phenoxy) is 2. The van der Waals surface area contributed by atoms with Gasteiger partial charge in [-0.3, -0.25) is 4.79 Å². The summed E-state index contributed by atoms with van der Waals surface area (Å²) in [7, 11) is 3.09. The van der Waals surface area contributed by atoms with E-state index in [2.05, 4.69) is 5.32 Å². The summed E-state index contributed by atoms with van der Waals surface area (Å²) >= 11 is 0. The molecule has 1 saturated carbocycles. The molecule has 5 heteroatoms. The van der Waals surface area contributed by atoms with Gasteiger partial charge in [-0.2, -0.15) is 0 Å². The van der Waals surface area contributed by atoms with Gasteiger partial charge >= 0.3 is 0 Å². The molecule has 1 fully saturated rings. The van der Waals surface area contributed by atoms with Gasteiger partial charge in [0.2, 0.25) is 0 Å². The predicted octanol–water partition coefficient (Wildman–Crippen LogP) is 1.59. The number of nitrogens with one attached hydrogen (secondary N) is 1. The van der Waals surface area contributed by atoms with Crippen molar-refractivity contribution in [1.29, 1.82) is 0 Å². The third-order valence-electron chi connectivity index (χ3n) is 3.79. The maximum absolute atomic E-state index is 12.1. The molecule has 0 aromatic heterocycles. The Morgan fingerprint density at radius 1 is 1.30 bits per heavy atom. The molecule has 1 aromatic carbocycles. The monoisotopic (exact) mass is 279 g/mol. The quantitative estimate of drug-likeness (QED) is 0.859. The molecule has 110 valence electrons. The zero-order valence-corrected chi connectivity index (χ0v) is 11.9. The average molecular weight is 279 g/mol. The fraction of sp³-hybridized carbons (Fsp3) is 0.533. The summed E-state index contributed by atoms with van der Waals surface area (Å²) in [5.41, 5.74) is 0.523. The molecule has 1 aliphatic carbocycles. The molecule has 1 aromatic rings. The molecule has 2 rings (SSSR count). The van der Waals surface area contributed by atoms with E-state index in [4.69, 9.17) is 9.47 Å². The molecule has 0 spiro atoms. The Labute approximate surface area is 118 Å². The Balaban J connectivity index is 1.98. The first-order chi connectivity index (χ1) is 9.65. The molecule has 1 aliphatic rings. The van der Waals surface area contributed by atoms with Gasteiger partial charge in [0.05, 0.1) is 20.3 Å². The van der Waals surface area contributed by atoms with Crippen LogP contribution in [0.25, 0.3) is 0 Å². The van der Waals surface area contributed by atoms with Gasteiger partial charge in [0, 0.05) is 18.0 Å². The van der Waals surface area contributed by atoms with E-state index in [0.717, 1.165) is 19.3 Å². The lowest BCUT2D eigenvalue weighted by Crippen LogP contribution is -2.32. The lowest BCUT2D eigenvalue weighted by atomic mass is 10.1. The van der Waals surface area contributed by atoms with E-state index in [0.29, 0.717) is 23.6 Å². The van der Waals surface area contributed by atoms with E-state index in [1.165, 1.54) is 7.11 Å². The summed E-state index contributed by atoms with van der Waals surface area (Å²) in [6.07, 6.45) is 2.53. The first kappa shape index (κ1) is 14.7. The summed E-state index contributed by atoms with van der Waals surface area (Å²) in [4.78, 5) is 12.1. The second-order valence-electron chi connectivity index (χ2n) is 5.04. The van der Waals surface area contributed by atoms with Crippen molar-refractivity contribution in [2.24, 2.45) is 5.92 Å². The van der Waals surface area contributed by atoms with E-state index in [1.54, 1.807) is 25.3 Å². The van der Waals surface area contributed by atoms with E-state index in [1.807, 2.05) is 0 Å². The van der Waals surface area contributed by atoms with Crippen molar-refractivity contribution in [3.8, 4) is 11.5 Å². The first-order valence-electron chi connectivity index (χ1n) is 6.84. The fourth-order valence-corrected chi connectivity index (χ4v) is 2.56. The molecular weight excluding hydrogens is 258 g/mol. The molecular formula is C15H21NO4. The Kier molecular flexibility index (Phi) is 4.84. The van der Waals surface area contributed by atoms with Gasteiger partial charge in [0.1, 0.15) is 0 Å². The van der Waals surface area contributed by atoms with Crippen molar-refractivity contribution < 1.29 is 19.4 Å². The summed E-state index contributed by atoms with van der Waals surface area (Å²) < 4.78 is 10.3. The number of methoxy groups -OCH3 is 2. The lowest BCUT2D eigenvalue weighted by molar-refractivity contribution is 0.0916. The second-order valence-corrected chi connectivity index (χ2v) is 5.04. The van der Waals surface area contributed by atoms with Crippen molar-refractivity contribution in [3.63, 3.8) is 0 Å². The minimum absolute atomic E-state index is 0.162. The molecule has 2 atom stereocenters. The minimum Gasteiger partial charge on any atom is -0.493 e. The smallest absolute Gasteiger partial charge is 0.251 e. The highest BCUT2D eigenvalue weighted by Gasteiger charge is 2.25. The average Bonchev–Trinajstić information content (AvgIpc) is 2.89. The number of rotatable bonds is 5. The number of carbonyl (C=O) groups is 1. The Hall–Kier alpha value is -1.75. The van der Waals surface area contributed by atoms with Crippen molar-refractivity contribution in [2.75, 3.05) is 20.8 Å². The molecule has 2 N–H and O–H groups in total. The van der Waals surface area contributed by atoms with Gasteiger partial charge in [-0.05, 0) is 31.0 Å². The van der Waals surface area contributed by atoms with Crippen LogP contribution in [-0.2, 0) is 0 Å². The zero-order valence-electron chi connectivity index (χ0n) is 11.9. The fourth-order valence-electron chi connectivity index (χ4n) is 2.56. The van der Waals surface area contributed by atoms with Gasteiger partial charge < -0.3 is 19.9 Å². The Morgan fingerprint density at radius 2 is 2.05 bits per heavy atom. The van der Waals surface area contributed by atoms with Gasteiger partial charge in [-0.25, -0.2) is 0 Å². The third kappa shape index (κ3) is 3.22. The maximum atomic E-state index is 12.1. The van der Waals surface area contributed by atoms with Crippen LogP contribution in [0.3, 0.4) is 0 Å². The standard InChI is InChI=1S/C15H21NO4/c1-19-13-7-6-10(8-14(13)20-2)15(18)16-9-11-4-3-5-12(11)17/h6-8,11-12,17H,3-5,9H2,1-2H3,(H,16,18). The van der Waals surface area contributed by atoms with Gasteiger partial charge in [0.15, 0.2) is 11.5 Å². The number of aliphatic hydroxyl groups is 1. The summed E-state index contributed by atoms with van der Waals surface area (Å²) in [6.45, 7) is 0.508. The first-order valence-corrected chi connectivity index (χ1v) is 6.84. The summed E-state index contributed by atoms with van der Waals surface area (Å²) in [5.74, 6) is 1.13. The normalized spacial score (nSPS) is 21.6. The van der Waals surface area contributed by atoms with E-state index >= 15 is 0 Å². The van der Waals surface area contributed by atoms with Crippen LogP contribution >= 0.6 is 0 Å². The van der Waals surface area contributed by atoms with Crippen LogP contribution in [0.4, 0.5) is 0 Å². The van der Waals surface area contributed by atoms with Crippen molar-refractivity contribution in [3.05, 3.63) is 23.8 Å². The number of amides is 1. The Bertz CT molecular complexity index is 475. The lowest BCUT2D eigenvalue weighted by Gasteiger charge is -2.15. The third-order valence-corrected chi connectivity index (χ3v) is 3.79. The van der Waals surface area contributed by atoms with Crippen molar-refractivity contribution >= 4 is 5.91 Å². The van der Waals surface area contributed by atoms with Crippen LogP contribution in [0.15, 0.2) is 18.2 Å². The second kappa shape index (κ2) is 6.61. The zero-order chi connectivity index (χ0) is 14.5.